The largest absolute Gasteiger partial charge is 0.417 e. The van der Waals surface area contributed by atoms with Crippen molar-refractivity contribution in [3.05, 3.63) is 35.6 Å². The molecule has 0 saturated carbocycles. The normalized spacial score (nSPS) is 19.8. The van der Waals surface area contributed by atoms with Crippen molar-refractivity contribution in [2.45, 2.75) is 44.1 Å². The number of aliphatic hydroxyl groups is 1. The fourth-order valence-electron chi connectivity index (χ4n) is 2.70. The van der Waals surface area contributed by atoms with E-state index in [1.54, 1.807) is 30.0 Å². The maximum Gasteiger partial charge on any atom is 0.417 e. The van der Waals surface area contributed by atoms with E-state index in [1.165, 1.54) is 6.07 Å². The third-order valence-electron chi connectivity index (χ3n) is 4.49. The number of likely N-dealkylation sites (tertiary alicyclic amines) is 1. The minimum absolute atomic E-state index is 0.0101. The molecule has 1 heterocycles. The molecule has 0 radical (unpaired) electrons. The molecule has 2 N–H and O–H groups in total. The molecule has 1 amide bonds. The summed E-state index contributed by atoms with van der Waals surface area (Å²) in [4.78, 5) is 13.7. The van der Waals surface area contributed by atoms with Crippen LogP contribution in [-0.4, -0.2) is 46.8 Å². The summed E-state index contributed by atoms with van der Waals surface area (Å²) in [6.07, 6.45) is -5.61. The molecule has 1 aromatic carbocycles. The summed E-state index contributed by atoms with van der Waals surface area (Å²) in [5.74, 6) is -0.825. The van der Waals surface area contributed by atoms with Crippen LogP contribution in [0.5, 0.6) is 0 Å². The Labute approximate surface area is 137 Å². The van der Waals surface area contributed by atoms with Crippen molar-refractivity contribution in [2.24, 2.45) is 0 Å². The van der Waals surface area contributed by atoms with Crippen LogP contribution in [0.1, 0.15) is 25.3 Å². The second kappa shape index (κ2) is 7.06. The van der Waals surface area contributed by atoms with Gasteiger partial charge >= 0.3 is 6.18 Å². The number of rotatable bonds is 4. The number of nitrogens with zero attached hydrogens (tertiary/aromatic N) is 1. The highest BCUT2D eigenvalue weighted by molar-refractivity contribution is 5.81. The molecule has 1 aromatic rings. The van der Waals surface area contributed by atoms with Crippen LogP contribution in [-0.2, 0) is 11.3 Å². The van der Waals surface area contributed by atoms with E-state index in [0.717, 1.165) is 0 Å². The van der Waals surface area contributed by atoms with Crippen molar-refractivity contribution in [3.8, 4) is 0 Å². The molecule has 1 unspecified atom stereocenters. The van der Waals surface area contributed by atoms with Gasteiger partial charge in [-0.2, -0.15) is 13.2 Å². The Hall–Kier alpha value is -1.67. The molecule has 0 aliphatic carbocycles. The summed E-state index contributed by atoms with van der Waals surface area (Å²) in [5, 5.41) is 12.2. The van der Waals surface area contributed by atoms with Crippen LogP contribution >= 0.6 is 0 Å². The van der Waals surface area contributed by atoms with Gasteiger partial charge in [-0.3, -0.25) is 9.69 Å². The fraction of sp³-hybridized carbons (Fsp3) is 0.562. The molecule has 2 rings (SSSR count). The quantitative estimate of drug-likeness (QED) is 0.821. The van der Waals surface area contributed by atoms with Gasteiger partial charge in [0.25, 0.3) is 0 Å². The van der Waals surface area contributed by atoms with Gasteiger partial charge in [0.2, 0.25) is 5.91 Å². The molecule has 1 atom stereocenters. The van der Waals surface area contributed by atoms with Gasteiger partial charge in [-0.05, 0) is 25.8 Å². The first-order valence-electron chi connectivity index (χ1n) is 7.68. The SMILES string of the molecule is CC(C(=O)NCc1ccccc1F)N1CCC(O)(C(F)(F)F)CC1. The van der Waals surface area contributed by atoms with E-state index >= 15 is 0 Å². The number of amides is 1. The second-order valence-electron chi connectivity index (χ2n) is 6.05. The maximum atomic E-state index is 13.5. The van der Waals surface area contributed by atoms with Crippen LogP contribution in [0.15, 0.2) is 24.3 Å². The number of carbonyl (C=O) groups is 1. The zero-order chi connectivity index (χ0) is 18.0. The fourth-order valence-corrected chi connectivity index (χ4v) is 2.70. The molecular formula is C16H20F4N2O2. The van der Waals surface area contributed by atoms with Crippen LogP contribution in [0.25, 0.3) is 0 Å². The van der Waals surface area contributed by atoms with Gasteiger partial charge in [-0.1, -0.05) is 18.2 Å². The van der Waals surface area contributed by atoms with Crippen molar-refractivity contribution in [1.29, 1.82) is 0 Å². The Morgan fingerprint density at radius 3 is 2.46 bits per heavy atom. The predicted molar refractivity (Wildman–Crippen MR) is 79.5 cm³/mol. The zero-order valence-electron chi connectivity index (χ0n) is 13.2. The molecule has 1 aliphatic heterocycles. The number of hydrogen-bond donors (Lipinski definition) is 2. The molecular weight excluding hydrogens is 328 g/mol. The molecule has 1 aliphatic rings. The maximum absolute atomic E-state index is 13.5. The lowest BCUT2D eigenvalue weighted by molar-refractivity contribution is -0.273. The molecule has 0 bridgehead atoms. The van der Waals surface area contributed by atoms with E-state index in [2.05, 4.69) is 5.32 Å². The van der Waals surface area contributed by atoms with E-state index < -0.39 is 42.4 Å². The van der Waals surface area contributed by atoms with Gasteiger partial charge in [0.15, 0.2) is 5.60 Å². The Morgan fingerprint density at radius 1 is 1.33 bits per heavy atom. The van der Waals surface area contributed by atoms with Crippen LogP contribution in [0, 0.1) is 5.82 Å². The first-order chi connectivity index (χ1) is 11.1. The van der Waals surface area contributed by atoms with Gasteiger partial charge < -0.3 is 10.4 Å². The Bertz CT molecular complexity index is 584. The number of hydrogen-bond acceptors (Lipinski definition) is 3. The highest BCUT2D eigenvalue weighted by Crippen LogP contribution is 2.38. The van der Waals surface area contributed by atoms with Gasteiger partial charge in [0.05, 0.1) is 6.04 Å². The molecule has 1 saturated heterocycles. The third-order valence-corrected chi connectivity index (χ3v) is 4.49. The molecule has 0 spiro atoms. The van der Waals surface area contributed by atoms with E-state index in [4.69, 9.17) is 0 Å². The first-order valence-corrected chi connectivity index (χ1v) is 7.68. The van der Waals surface area contributed by atoms with Crippen molar-refractivity contribution in [3.63, 3.8) is 0 Å². The lowest BCUT2D eigenvalue weighted by Crippen LogP contribution is -2.56. The molecule has 8 heteroatoms. The second-order valence-corrected chi connectivity index (χ2v) is 6.05. The zero-order valence-corrected chi connectivity index (χ0v) is 13.2. The van der Waals surface area contributed by atoms with Gasteiger partial charge in [-0.25, -0.2) is 4.39 Å². The highest BCUT2D eigenvalue weighted by atomic mass is 19.4. The van der Waals surface area contributed by atoms with Crippen LogP contribution in [0.4, 0.5) is 17.6 Å². The average Bonchev–Trinajstić information content (AvgIpc) is 2.53. The van der Waals surface area contributed by atoms with Gasteiger partial charge in [0, 0.05) is 25.2 Å². The molecule has 24 heavy (non-hydrogen) atoms. The molecule has 4 nitrogen and oxygen atoms in total. The minimum atomic E-state index is -4.67. The van der Waals surface area contributed by atoms with Crippen molar-refractivity contribution in [2.75, 3.05) is 13.1 Å². The van der Waals surface area contributed by atoms with E-state index in [9.17, 15) is 27.5 Å². The third kappa shape index (κ3) is 4.05. The lowest BCUT2D eigenvalue weighted by atomic mass is 9.90. The van der Waals surface area contributed by atoms with E-state index in [-0.39, 0.29) is 19.6 Å². The predicted octanol–water partition coefficient (Wildman–Crippen LogP) is 2.22. The summed E-state index contributed by atoms with van der Waals surface area (Å²) in [6, 6.07) is 5.36. The summed E-state index contributed by atoms with van der Waals surface area (Å²) >= 11 is 0. The Balaban J connectivity index is 1.87. The number of benzene rings is 1. The van der Waals surface area contributed by atoms with Crippen LogP contribution < -0.4 is 5.32 Å². The van der Waals surface area contributed by atoms with Gasteiger partial charge in [0.1, 0.15) is 5.82 Å². The number of halogens is 4. The monoisotopic (exact) mass is 348 g/mol. The van der Waals surface area contributed by atoms with E-state index in [1.807, 2.05) is 0 Å². The summed E-state index contributed by atoms with van der Waals surface area (Å²) in [5.41, 5.74) is -2.35. The average molecular weight is 348 g/mol. The Kier molecular flexibility index (Phi) is 5.49. The van der Waals surface area contributed by atoms with Gasteiger partial charge in [-0.15, -0.1) is 0 Å². The molecule has 1 fully saturated rings. The molecule has 134 valence electrons. The summed E-state index contributed by atoms with van der Waals surface area (Å²) < 4.78 is 51.8. The van der Waals surface area contributed by atoms with E-state index in [0.29, 0.717) is 5.56 Å². The summed E-state index contributed by atoms with van der Waals surface area (Å²) in [6.45, 7) is 1.51. The Morgan fingerprint density at radius 2 is 1.92 bits per heavy atom. The lowest BCUT2D eigenvalue weighted by Gasteiger charge is -2.40. The number of alkyl halides is 3. The highest BCUT2D eigenvalue weighted by Gasteiger charge is 2.54. The van der Waals surface area contributed by atoms with Crippen LogP contribution in [0.2, 0.25) is 0 Å². The van der Waals surface area contributed by atoms with Crippen molar-refractivity contribution < 1.29 is 27.5 Å². The van der Waals surface area contributed by atoms with Crippen LogP contribution in [0.3, 0.4) is 0 Å². The minimum Gasteiger partial charge on any atom is -0.380 e. The standard InChI is InChI=1S/C16H20F4N2O2/c1-11(14(23)21-10-12-4-2-3-5-13(12)17)22-8-6-15(24,7-9-22)16(18,19)20/h2-5,11,24H,6-10H2,1H3,(H,21,23). The molecule has 0 aromatic heterocycles. The number of carbonyl (C=O) groups excluding carboxylic acids is 1. The topological polar surface area (TPSA) is 52.6 Å². The summed E-state index contributed by atoms with van der Waals surface area (Å²) in [7, 11) is 0. The number of nitrogens with one attached hydrogen (secondary N) is 1. The number of piperidine rings is 1. The first kappa shape index (κ1) is 18.7. The van der Waals surface area contributed by atoms with Crippen molar-refractivity contribution >= 4 is 5.91 Å². The van der Waals surface area contributed by atoms with Crippen molar-refractivity contribution in [1.82, 2.24) is 10.2 Å². The smallest absolute Gasteiger partial charge is 0.380 e.